The Labute approximate surface area is 110 Å². The Hall–Kier alpha value is -1.53. The number of halogens is 2. The van der Waals surface area contributed by atoms with E-state index in [0.717, 1.165) is 6.07 Å². The third kappa shape index (κ3) is 3.27. The molecule has 1 heterocycles. The predicted octanol–water partition coefficient (Wildman–Crippen LogP) is 0.610. The number of ether oxygens (including phenoxy) is 1. The summed E-state index contributed by atoms with van der Waals surface area (Å²) in [5, 5.41) is 5.85. The maximum absolute atomic E-state index is 13.4. The number of benzene rings is 1. The molecule has 1 saturated heterocycles. The highest BCUT2D eigenvalue weighted by Gasteiger charge is 2.28. The average Bonchev–Trinajstić information content (AvgIpc) is 2.82. The van der Waals surface area contributed by atoms with Gasteiger partial charge in [-0.3, -0.25) is 4.79 Å². The Morgan fingerprint density at radius 1 is 1.47 bits per heavy atom. The Balaban J connectivity index is 1.96. The third-order valence-electron chi connectivity index (χ3n) is 3.19. The van der Waals surface area contributed by atoms with Gasteiger partial charge in [0.1, 0.15) is 0 Å². The van der Waals surface area contributed by atoms with Crippen LogP contribution in [0, 0.1) is 11.6 Å². The molecule has 0 saturated carbocycles. The first-order chi connectivity index (χ1) is 9.11. The number of nitrogens with one attached hydrogen (secondary N) is 2. The second-order valence-electron chi connectivity index (χ2n) is 4.50. The monoisotopic (exact) mass is 270 g/mol. The Kier molecular flexibility index (Phi) is 4.44. The fourth-order valence-electron chi connectivity index (χ4n) is 2.16. The quantitative estimate of drug-likeness (QED) is 0.843. The van der Waals surface area contributed by atoms with E-state index in [1.54, 1.807) is 7.11 Å². The molecule has 4 nitrogen and oxygen atoms in total. The van der Waals surface area contributed by atoms with E-state index in [0.29, 0.717) is 13.1 Å². The molecule has 0 radical (unpaired) electrons. The van der Waals surface area contributed by atoms with Crippen LogP contribution in [-0.2, 0) is 16.0 Å². The molecule has 1 aliphatic rings. The fourth-order valence-corrected chi connectivity index (χ4v) is 2.16. The molecule has 2 atom stereocenters. The summed E-state index contributed by atoms with van der Waals surface area (Å²) in [7, 11) is 1.57. The van der Waals surface area contributed by atoms with Crippen LogP contribution in [0.15, 0.2) is 18.2 Å². The fraction of sp³-hybridized carbons (Fsp3) is 0.462. The van der Waals surface area contributed by atoms with Crippen LogP contribution >= 0.6 is 0 Å². The van der Waals surface area contributed by atoms with Crippen molar-refractivity contribution in [2.24, 2.45) is 0 Å². The Morgan fingerprint density at radius 3 is 3.00 bits per heavy atom. The lowest BCUT2D eigenvalue weighted by atomic mass is 10.1. The zero-order chi connectivity index (χ0) is 13.8. The molecular weight excluding hydrogens is 254 g/mol. The maximum atomic E-state index is 13.4. The SMILES string of the molecule is CO[C@H]1CNCC1NC(=O)Cc1cccc(F)c1F. The van der Waals surface area contributed by atoms with Crippen molar-refractivity contribution in [2.45, 2.75) is 18.6 Å². The molecule has 0 bridgehead atoms. The van der Waals surface area contributed by atoms with Gasteiger partial charge < -0.3 is 15.4 Å². The molecule has 1 unspecified atom stereocenters. The van der Waals surface area contributed by atoms with Crippen molar-refractivity contribution in [1.82, 2.24) is 10.6 Å². The molecule has 1 amide bonds. The summed E-state index contributed by atoms with van der Waals surface area (Å²) in [6.07, 6.45) is -0.280. The molecule has 19 heavy (non-hydrogen) atoms. The number of rotatable bonds is 4. The maximum Gasteiger partial charge on any atom is 0.224 e. The highest BCUT2D eigenvalue weighted by molar-refractivity contribution is 5.79. The summed E-state index contributed by atoms with van der Waals surface area (Å²) in [4.78, 5) is 11.8. The summed E-state index contributed by atoms with van der Waals surface area (Å²) < 4.78 is 31.6. The van der Waals surface area contributed by atoms with Crippen molar-refractivity contribution >= 4 is 5.91 Å². The van der Waals surface area contributed by atoms with E-state index < -0.39 is 11.6 Å². The number of carbonyl (C=O) groups excluding carboxylic acids is 1. The van der Waals surface area contributed by atoms with E-state index in [1.165, 1.54) is 12.1 Å². The van der Waals surface area contributed by atoms with Crippen LogP contribution in [-0.4, -0.2) is 38.3 Å². The lowest BCUT2D eigenvalue weighted by Crippen LogP contribution is -2.44. The first kappa shape index (κ1) is 13.9. The number of methoxy groups -OCH3 is 1. The van der Waals surface area contributed by atoms with E-state index >= 15 is 0 Å². The molecule has 1 aromatic carbocycles. The number of hydrogen-bond acceptors (Lipinski definition) is 3. The van der Waals surface area contributed by atoms with Crippen molar-refractivity contribution < 1.29 is 18.3 Å². The summed E-state index contributed by atoms with van der Waals surface area (Å²) in [5.41, 5.74) is 0.0532. The van der Waals surface area contributed by atoms with Gasteiger partial charge >= 0.3 is 0 Å². The van der Waals surface area contributed by atoms with Gasteiger partial charge in [-0.05, 0) is 6.07 Å². The first-order valence-corrected chi connectivity index (χ1v) is 6.07. The molecule has 6 heteroatoms. The third-order valence-corrected chi connectivity index (χ3v) is 3.19. The van der Waals surface area contributed by atoms with E-state index in [2.05, 4.69) is 10.6 Å². The van der Waals surface area contributed by atoms with Gasteiger partial charge in [0.25, 0.3) is 0 Å². The van der Waals surface area contributed by atoms with Gasteiger partial charge in [0.15, 0.2) is 11.6 Å². The smallest absolute Gasteiger partial charge is 0.224 e. The highest BCUT2D eigenvalue weighted by Crippen LogP contribution is 2.12. The molecule has 0 aliphatic carbocycles. The van der Waals surface area contributed by atoms with Crippen LogP contribution in [0.1, 0.15) is 5.56 Å². The van der Waals surface area contributed by atoms with E-state index in [1.807, 2.05) is 0 Å². The topological polar surface area (TPSA) is 50.4 Å². The van der Waals surface area contributed by atoms with Gasteiger partial charge in [0.2, 0.25) is 5.91 Å². The number of amides is 1. The minimum Gasteiger partial charge on any atom is -0.378 e. The molecule has 1 aromatic rings. The normalized spacial score (nSPS) is 22.5. The Morgan fingerprint density at radius 2 is 2.26 bits per heavy atom. The van der Waals surface area contributed by atoms with Crippen molar-refractivity contribution in [3.8, 4) is 0 Å². The van der Waals surface area contributed by atoms with Gasteiger partial charge in [0, 0.05) is 25.8 Å². The van der Waals surface area contributed by atoms with Crippen LogP contribution in [0.5, 0.6) is 0 Å². The number of carbonyl (C=O) groups is 1. The molecule has 0 aromatic heterocycles. The molecule has 1 aliphatic heterocycles. The summed E-state index contributed by atoms with van der Waals surface area (Å²) in [6, 6.07) is 3.67. The summed E-state index contributed by atoms with van der Waals surface area (Å²) in [6.45, 7) is 1.27. The van der Waals surface area contributed by atoms with Crippen molar-refractivity contribution in [2.75, 3.05) is 20.2 Å². The zero-order valence-corrected chi connectivity index (χ0v) is 10.6. The van der Waals surface area contributed by atoms with Crippen LogP contribution in [0.4, 0.5) is 8.78 Å². The molecule has 104 valence electrons. The second-order valence-corrected chi connectivity index (χ2v) is 4.50. The highest BCUT2D eigenvalue weighted by atomic mass is 19.2. The first-order valence-electron chi connectivity index (χ1n) is 6.07. The van der Waals surface area contributed by atoms with Gasteiger partial charge in [-0.1, -0.05) is 12.1 Å². The number of hydrogen-bond donors (Lipinski definition) is 2. The lowest BCUT2D eigenvalue weighted by molar-refractivity contribution is -0.121. The van der Waals surface area contributed by atoms with Gasteiger partial charge in [-0.25, -0.2) is 8.78 Å². The predicted molar refractivity (Wildman–Crippen MR) is 65.7 cm³/mol. The molecule has 1 fully saturated rings. The summed E-state index contributed by atoms with van der Waals surface area (Å²) in [5.74, 6) is -2.26. The van der Waals surface area contributed by atoms with Crippen molar-refractivity contribution in [1.29, 1.82) is 0 Å². The van der Waals surface area contributed by atoms with E-state index in [4.69, 9.17) is 4.74 Å². The van der Waals surface area contributed by atoms with Crippen molar-refractivity contribution in [3.63, 3.8) is 0 Å². The van der Waals surface area contributed by atoms with Crippen LogP contribution in [0.25, 0.3) is 0 Å². The summed E-state index contributed by atoms with van der Waals surface area (Å²) >= 11 is 0. The van der Waals surface area contributed by atoms with E-state index in [9.17, 15) is 13.6 Å². The van der Waals surface area contributed by atoms with Crippen molar-refractivity contribution in [3.05, 3.63) is 35.4 Å². The molecule has 2 N–H and O–H groups in total. The van der Waals surface area contributed by atoms with Gasteiger partial charge in [0.05, 0.1) is 18.6 Å². The standard InChI is InChI=1S/C13H16F2N2O2/c1-19-11-7-16-6-10(11)17-12(18)5-8-3-2-4-9(14)13(8)15/h2-4,10-11,16H,5-7H2,1H3,(H,17,18)/t10?,11-/m0/s1. The molecule has 0 spiro atoms. The largest absolute Gasteiger partial charge is 0.378 e. The van der Waals surface area contributed by atoms with Crippen LogP contribution < -0.4 is 10.6 Å². The van der Waals surface area contributed by atoms with Gasteiger partial charge in [-0.15, -0.1) is 0 Å². The average molecular weight is 270 g/mol. The Bertz CT molecular complexity index is 468. The second kappa shape index (κ2) is 6.08. The zero-order valence-electron chi connectivity index (χ0n) is 10.6. The lowest BCUT2D eigenvalue weighted by Gasteiger charge is -2.18. The molecular formula is C13H16F2N2O2. The van der Waals surface area contributed by atoms with E-state index in [-0.39, 0.29) is 30.0 Å². The molecule has 2 rings (SSSR count). The van der Waals surface area contributed by atoms with Crippen LogP contribution in [0.2, 0.25) is 0 Å². The minimum absolute atomic E-state index is 0.0532. The minimum atomic E-state index is -0.967. The van der Waals surface area contributed by atoms with Gasteiger partial charge in [-0.2, -0.15) is 0 Å². The van der Waals surface area contributed by atoms with Crippen LogP contribution in [0.3, 0.4) is 0 Å².